The average Bonchev–Trinajstić information content (AvgIpc) is 3.37. The largest absolute Gasteiger partial charge is 0.214 e. The zero-order chi connectivity index (χ0) is 18.8. The van der Waals surface area contributed by atoms with Gasteiger partial charge < -0.3 is 0 Å². The number of hydrogen-bond acceptors (Lipinski definition) is 0. The van der Waals surface area contributed by atoms with Crippen molar-refractivity contribution < 1.29 is 18.0 Å². The maximum absolute atomic E-state index is 5.62. The van der Waals surface area contributed by atoms with E-state index in [0.29, 0.717) is 0 Å². The van der Waals surface area contributed by atoms with E-state index in [0.717, 1.165) is 0 Å². The third-order valence-electron chi connectivity index (χ3n) is 3.70. The van der Waals surface area contributed by atoms with E-state index in [1.807, 2.05) is 30.3 Å². The average molecular weight is 477 g/mol. The summed E-state index contributed by atoms with van der Waals surface area (Å²) in [5.74, 6) is 0. The first-order valence-electron chi connectivity index (χ1n) is 8.44. The second-order valence-corrected chi connectivity index (χ2v) is 28.9. The van der Waals surface area contributed by atoms with Gasteiger partial charge in [0, 0.05) is 0 Å². The molecule has 0 atom stereocenters. The van der Waals surface area contributed by atoms with E-state index >= 15 is 0 Å². The quantitative estimate of drug-likeness (QED) is 0.194. The van der Waals surface area contributed by atoms with Crippen molar-refractivity contribution in [2.75, 3.05) is 0 Å². The summed E-state index contributed by atoms with van der Waals surface area (Å²) in [5.41, 5.74) is 2.38. The molecule has 0 nitrogen and oxygen atoms in total. The molecule has 0 saturated heterocycles. The molecule has 134 valence electrons. The van der Waals surface area contributed by atoms with E-state index in [9.17, 15) is 0 Å². The molecule has 0 aliphatic carbocycles. The van der Waals surface area contributed by atoms with E-state index in [-0.39, 0.29) is 5.43 Å². The molecule has 4 heteroatoms. The molecule has 0 N–H and O–H groups in total. The summed E-state index contributed by atoms with van der Waals surface area (Å²) in [6.07, 6.45) is 0. The normalized spacial score (nSPS) is 9.54. The van der Waals surface area contributed by atoms with Gasteiger partial charge in [0.15, 0.2) is 0 Å². The Morgan fingerprint density at radius 1 is 0.769 bits per heavy atom. The molecule has 0 saturated carbocycles. The topological polar surface area (TPSA) is 0 Å². The molecule has 0 heterocycles. The van der Waals surface area contributed by atoms with Crippen LogP contribution >= 0.6 is 17.0 Å². The minimum atomic E-state index is -1.65. The predicted octanol–water partition coefficient (Wildman–Crippen LogP) is 7.79. The Morgan fingerprint density at radius 2 is 1.42 bits per heavy atom. The number of hydrogen-bond donors (Lipinski definition) is 0. The van der Waals surface area contributed by atoms with Gasteiger partial charge in [-0.2, -0.15) is 30.3 Å². The summed E-state index contributed by atoms with van der Waals surface area (Å²) in [4.78, 5) is 0. The minimum absolute atomic E-state index is 0.224. The SMILES string of the molecule is C[Si](C)=[Zr]([Cl])[Cl].c1cc[cH-]c1.c1ccc(-c2cccc3[cH-]ccc23)cc1. The smallest absolute Gasteiger partial charge is 0.0279 e. The van der Waals surface area contributed by atoms with Crippen LogP contribution in [0.5, 0.6) is 0 Å². The molecule has 0 aliphatic rings. The van der Waals surface area contributed by atoms with Crippen molar-refractivity contribution in [1.29, 1.82) is 0 Å². The van der Waals surface area contributed by atoms with Gasteiger partial charge in [-0.25, -0.2) is 12.1 Å². The van der Waals surface area contributed by atoms with Crippen LogP contribution in [0.25, 0.3) is 21.9 Å². The second kappa shape index (κ2) is 11.7. The van der Waals surface area contributed by atoms with Crippen LogP contribution < -0.4 is 0 Å². The van der Waals surface area contributed by atoms with Gasteiger partial charge in [0.05, 0.1) is 0 Å². The zero-order valence-corrected chi connectivity index (χ0v) is 20.0. The van der Waals surface area contributed by atoms with Gasteiger partial charge in [0.25, 0.3) is 0 Å². The molecule has 4 aromatic carbocycles. The van der Waals surface area contributed by atoms with Gasteiger partial charge in [-0.15, -0.1) is 29.0 Å². The van der Waals surface area contributed by atoms with E-state index in [1.165, 1.54) is 21.9 Å². The first kappa shape index (κ1) is 21.4. The van der Waals surface area contributed by atoms with Crippen molar-refractivity contribution in [1.82, 2.24) is 0 Å². The zero-order valence-electron chi connectivity index (χ0n) is 15.0. The Morgan fingerprint density at radius 3 is 1.96 bits per heavy atom. The summed E-state index contributed by atoms with van der Waals surface area (Å²) in [7, 11) is 11.2. The molecule has 0 aromatic heterocycles. The molecule has 26 heavy (non-hydrogen) atoms. The van der Waals surface area contributed by atoms with Gasteiger partial charge in [-0.05, 0) is 5.56 Å². The van der Waals surface area contributed by atoms with E-state index < -0.39 is 18.0 Å². The van der Waals surface area contributed by atoms with Gasteiger partial charge in [-0.3, -0.25) is 0 Å². The van der Waals surface area contributed by atoms with Crippen LogP contribution in [0.15, 0.2) is 97.1 Å². The second-order valence-electron chi connectivity index (χ2n) is 5.92. The van der Waals surface area contributed by atoms with Crippen molar-refractivity contribution in [2.24, 2.45) is 0 Å². The van der Waals surface area contributed by atoms with Crippen molar-refractivity contribution in [3.8, 4) is 11.1 Å². The summed E-state index contributed by atoms with van der Waals surface area (Å²) in [6, 6.07) is 33.4. The van der Waals surface area contributed by atoms with Crippen LogP contribution in [0, 0.1) is 0 Å². The van der Waals surface area contributed by atoms with E-state index in [4.69, 9.17) is 17.0 Å². The van der Waals surface area contributed by atoms with Crippen LogP contribution in [-0.2, 0) is 18.0 Å². The van der Waals surface area contributed by atoms with Crippen LogP contribution in [0.1, 0.15) is 0 Å². The Bertz CT molecular complexity index is 890. The number of benzene rings is 2. The third-order valence-corrected chi connectivity index (χ3v) is 23.4. The van der Waals surface area contributed by atoms with Gasteiger partial charge >= 0.3 is 53.5 Å². The molecule has 0 aliphatic heterocycles. The fourth-order valence-electron chi connectivity index (χ4n) is 2.35. The molecular weight excluding hydrogens is 454 g/mol. The standard InChI is InChI=1S/C15H11.C5H5.C2H6Si.2ClH.Zr/c1-2-6-12(7-3-1)14-10-4-8-13-9-5-11-15(13)14;1-2-4-5-3-1;1-3-2;;;/h1-11H;1-5H;1-2H3;2*1H;/q2*-1;;;;+2/p-2. The third kappa shape index (κ3) is 7.00. The summed E-state index contributed by atoms with van der Waals surface area (Å²) in [6.45, 7) is 4.33. The predicted molar refractivity (Wildman–Crippen MR) is 116 cm³/mol. The van der Waals surface area contributed by atoms with Crippen molar-refractivity contribution in [2.45, 2.75) is 13.1 Å². The number of rotatable bonds is 1. The van der Waals surface area contributed by atoms with Gasteiger partial charge in [0.2, 0.25) is 0 Å². The fraction of sp³-hybridized carbons (Fsp3) is 0.0909. The van der Waals surface area contributed by atoms with Crippen molar-refractivity contribution in [3.05, 3.63) is 97.1 Å². The van der Waals surface area contributed by atoms with Crippen molar-refractivity contribution >= 4 is 33.2 Å². The summed E-state index contributed by atoms with van der Waals surface area (Å²) >= 11 is -1.65. The maximum atomic E-state index is 5.62. The van der Waals surface area contributed by atoms with Crippen LogP contribution in [-0.4, -0.2) is 5.43 Å². The number of halogens is 2. The Labute approximate surface area is 171 Å². The first-order valence-corrected chi connectivity index (χ1v) is 21.0. The van der Waals surface area contributed by atoms with Crippen LogP contribution in [0.2, 0.25) is 13.1 Å². The van der Waals surface area contributed by atoms with Crippen LogP contribution in [0.4, 0.5) is 0 Å². The van der Waals surface area contributed by atoms with E-state index in [1.54, 1.807) is 0 Å². The summed E-state index contributed by atoms with van der Waals surface area (Å²) in [5, 5.41) is 2.65. The van der Waals surface area contributed by atoms with Crippen LogP contribution in [0.3, 0.4) is 0 Å². The Kier molecular flexibility index (Phi) is 9.64. The molecular formula is C22H22Cl2SiZr-2. The molecule has 0 bridgehead atoms. The summed E-state index contributed by atoms with van der Waals surface area (Å²) < 4.78 is 0. The molecule has 0 amide bonds. The number of fused-ring (bicyclic) bond motifs is 1. The first-order chi connectivity index (χ1) is 12.6. The molecule has 4 aromatic rings. The fourth-order valence-corrected chi connectivity index (χ4v) is 2.35. The molecule has 0 unspecified atom stereocenters. The maximum Gasteiger partial charge on any atom is -0.0279 e. The van der Waals surface area contributed by atoms with Gasteiger partial charge in [0.1, 0.15) is 0 Å². The minimum Gasteiger partial charge on any atom is -0.214 e. The molecule has 0 radical (unpaired) electrons. The molecule has 4 rings (SSSR count). The monoisotopic (exact) mass is 474 g/mol. The van der Waals surface area contributed by atoms with Crippen molar-refractivity contribution in [3.63, 3.8) is 0 Å². The molecule has 0 spiro atoms. The van der Waals surface area contributed by atoms with E-state index in [2.05, 4.69) is 79.8 Å². The van der Waals surface area contributed by atoms with Gasteiger partial charge in [-0.1, -0.05) is 42.0 Å². The Balaban J connectivity index is 0.000000183. The Hall–Kier alpha value is -0.920. The molecule has 0 fully saturated rings.